The molecule has 1 unspecified atom stereocenters. The van der Waals surface area contributed by atoms with Crippen LogP contribution in [-0.2, 0) is 0 Å². The van der Waals surface area contributed by atoms with E-state index in [-0.39, 0.29) is 0 Å². The van der Waals surface area contributed by atoms with Crippen LogP contribution in [0.15, 0.2) is 22.7 Å². The Labute approximate surface area is 168 Å². The molecule has 0 saturated heterocycles. The second-order valence-electron chi connectivity index (χ2n) is 7.39. The average Bonchev–Trinajstić information content (AvgIpc) is 3.37. The highest BCUT2D eigenvalue weighted by atomic mass is 35.5. The van der Waals surface area contributed by atoms with Crippen LogP contribution >= 0.6 is 23.2 Å². The van der Waals surface area contributed by atoms with Gasteiger partial charge in [0.05, 0.1) is 16.4 Å². The van der Waals surface area contributed by atoms with Crippen LogP contribution in [0.1, 0.15) is 56.5 Å². The molecule has 142 valence electrons. The molecular weight excluding hydrogens is 383 g/mol. The van der Waals surface area contributed by atoms with Gasteiger partial charge in [0.2, 0.25) is 11.4 Å². The van der Waals surface area contributed by atoms with Crippen molar-refractivity contribution in [2.75, 3.05) is 5.32 Å². The summed E-state index contributed by atoms with van der Waals surface area (Å²) in [6.45, 7) is 4.09. The molecule has 2 heterocycles. The maximum Gasteiger partial charge on any atom is 0.209 e. The number of rotatable bonds is 7. The number of aryl methyl sites for hydroxylation is 1. The Hall–Kier alpha value is -1.85. The predicted octanol–water partition coefficient (Wildman–Crippen LogP) is 6.66. The predicted molar refractivity (Wildman–Crippen MR) is 109 cm³/mol. The maximum absolute atomic E-state index is 6.26. The summed E-state index contributed by atoms with van der Waals surface area (Å²) >= 11 is 12.2. The van der Waals surface area contributed by atoms with E-state index in [2.05, 4.69) is 27.4 Å². The molecule has 3 aromatic rings. The van der Waals surface area contributed by atoms with Gasteiger partial charge in [-0.2, -0.15) is 0 Å². The molecule has 1 atom stereocenters. The molecule has 7 heteroatoms. The van der Waals surface area contributed by atoms with Crippen molar-refractivity contribution in [2.24, 2.45) is 5.92 Å². The van der Waals surface area contributed by atoms with Crippen LogP contribution in [0.5, 0.6) is 0 Å². The summed E-state index contributed by atoms with van der Waals surface area (Å²) in [4.78, 5) is 9.19. The van der Waals surface area contributed by atoms with Crippen LogP contribution in [-0.4, -0.2) is 15.1 Å². The van der Waals surface area contributed by atoms with Gasteiger partial charge in [0.25, 0.3) is 0 Å². The summed E-state index contributed by atoms with van der Waals surface area (Å²) < 4.78 is 5.63. The van der Waals surface area contributed by atoms with Crippen molar-refractivity contribution in [3.63, 3.8) is 0 Å². The Kier molecular flexibility index (Phi) is 5.24. The minimum absolute atomic E-state index is 0.299. The van der Waals surface area contributed by atoms with Crippen LogP contribution in [0.2, 0.25) is 10.0 Å². The summed E-state index contributed by atoms with van der Waals surface area (Å²) in [6, 6.07) is 5.26. The van der Waals surface area contributed by atoms with Crippen molar-refractivity contribution in [3.8, 4) is 0 Å². The lowest BCUT2D eigenvalue weighted by molar-refractivity contribution is 0.451. The fourth-order valence-electron chi connectivity index (χ4n) is 3.36. The van der Waals surface area contributed by atoms with Gasteiger partial charge < -0.3 is 9.84 Å². The molecule has 0 bridgehead atoms. The largest absolute Gasteiger partial charge is 0.350 e. The second-order valence-corrected chi connectivity index (χ2v) is 8.23. The number of nitrogens with one attached hydrogen (secondary N) is 1. The summed E-state index contributed by atoms with van der Waals surface area (Å²) in [5, 5.41) is 8.46. The highest BCUT2D eigenvalue weighted by molar-refractivity contribution is 6.36. The van der Waals surface area contributed by atoms with Crippen LogP contribution in [0.25, 0.3) is 11.1 Å². The lowest BCUT2D eigenvalue weighted by Crippen LogP contribution is -2.02. The number of hydrogen-bond acceptors (Lipinski definition) is 5. The zero-order chi connectivity index (χ0) is 19.0. The minimum Gasteiger partial charge on any atom is -0.350 e. The summed E-state index contributed by atoms with van der Waals surface area (Å²) in [5.41, 5.74) is 2.95. The van der Waals surface area contributed by atoms with Crippen molar-refractivity contribution in [1.29, 1.82) is 0 Å². The molecular formula is C20H22Cl2N4O. The number of fused-ring (bicyclic) bond motifs is 1. The van der Waals surface area contributed by atoms with Crippen molar-refractivity contribution in [3.05, 3.63) is 39.8 Å². The van der Waals surface area contributed by atoms with Gasteiger partial charge in [-0.25, -0.2) is 9.97 Å². The average molecular weight is 405 g/mol. The number of nitrogens with zero attached hydrogens (tertiary/aromatic N) is 3. The third-order valence-corrected chi connectivity index (χ3v) is 5.60. The lowest BCUT2D eigenvalue weighted by Gasteiger charge is -2.11. The van der Waals surface area contributed by atoms with Gasteiger partial charge in [0.15, 0.2) is 5.52 Å². The molecule has 27 heavy (non-hydrogen) atoms. The highest BCUT2D eigenvalue weighted by Gasteiger charge is 2.23. The van der Waals surface area contributed by atoms with Crippen LogP contribution in [0.4, 0.5) is 11.5 Å². The van der Waals surface area contributed by atoms with E-state index < -0.39 is 0 Å². The number of benzene rings is 1. The minimum atomic E-state index is 0.299. The van der Waals surface area contributed by atoms with Crippen molar-refractivity contribution >= 4 is 45.8 Å². The SMILES string of the molecule is Cc1nc(C(C)CCCC2CC2)c2onc(Nc3ccc(Cl)cc3Cl)c2n1. The Morgan fingerprint density at radius 3 is 2.81 bits per heavy atom. The summed E-state index contributed by atoms with van der Waals surface area (Å²) in [6.07, 6.45) is 6.42. The smallest absolute Gasteiger partial charge is 0.209 e. The number of halogens is 2. The first-order valence-corrected chi connectivity index (χ1v) is 10.1. The maximum atomic E-state index is 6.26. The fourth-order valence-corrected chi connectivity index (χ4v) is 3.82. The molecule has 1 aliphatic carbocycles. The molecule has 4 rings (SSSR count). The molecule has 1 saturated carbocycles. The van der Waals surface area contributed by atoms with E-state index in [0.29, 0.717) is 44.4 Å². The van der Waals surface area contributed by atoms with Gasteiger partial charge in [-0.05, 0) is 37.5 Å². The number of aromatic nitrogens is 3. The first kappa shape index (κ1) is 18.5. The second kappa shape index (κ2) is 7.64. The van der Waals surface area contributed by atoms with Crippen molar-refractivity contribution in [2.45, 2.75) is 51.9 Å². The Morgan fingerprint density at radius 2 is 2.07 bits per heavy atom. The molecule has 0 spiro atoms. The van der Waals surface area contributed by atoms with Crippen LogP contribution in [0.3, 0.4) is 0 Å². The lowest BCUT2D eigenvalue weighted by atomic mass is 9.98. The monoisotopic (exact) mass is 404 g/mol. The van der Waals surface area contributed by atoms with Crippen LogP contribution < -0.4 is 5.32 Å². The van der Waals surface area contributed by atoms with Gasteiger partial charge in [0.1, 0.15) is 5.82 Å². The molecule has 1 N–H and O–H groups in total. The van der Waals surface area contributed by atoms with E-state index in [1.807, 2.05) is 6.92 Å². The zero-order valence-electron chi connectivity index (χ0n) is 15.4. The van der Waals surface area contributed by atoms with Gasteiger partial charge in [-0.1, -0.05) is 61.0 Å². The number of anilines is 2. The van der Waals surface area contributed by atoms with Gasteiger partial charge in [0, 0.05) is 10.9 Å². The summed E-state index contributed by atoms with van der Waals surface area (Å²) in [5.74, 6) is 2.49. The molecule has 1 fully saturated rings. The van der Waals surface area contributed by atoms with Gasteiger partial charge >= 0.3 is 0 Å². The third kappa shape index (κ3) is 4.19. The topological polar surface area (TPSA) is 63.8 Å². The first-order valence-electron chi connectivity index (χ1n) is 9.37. The Morgan fingerprint density at radius 1 is 1.26 bits per heavy atom. The molecule has 0 amide bonds. The molecule has 0 aliphatic heterocycles. The molecule has 5 nitrogen and oxygen atoms in total. The Bertz CT molecular complexity index is 968. The molecule has 2 aromatic heterocycles. The molecule has 1 aromatic carbocycles. The standard InChI is InChI=1S/C20H22Cl2N4O/c1-11(4-3-5-13-6-7-13)17-19-18(24-12(2)23-17)20(26-27-19)25-16-9-8-14(21)10-15(16)22/h8-11,13H,3-7H2,1-2H3,(H,25,26). The number of hydrogen-bond donors (Lipinski definition) is 1. The van der Waals surface area contributed by atoms with E-state index in [4.69, 9.17) is 27.7 Å². The first-order chi connectivity index (χ1) is 13.0. The molecule has 1 aliphatic rings. The quantitative estimate of drug-likeness (QED) is 0.476. The fraction of sp³-hybridized carbons (Fsp3) is 0.450. The molecule has 0 radical (unpaired) electrons. The van der Waals surface area contributed by atoms with Crippen molar-refractivity contribution < 1.29 is 4.52 Å². The highest BCUT2D eigenvalue weighted by Crippen LogP contribution is 2.37. The van der Waals surface area contributed by atoms with Crippen molar-refractivity contribution in [1.82, 2.24) is 15.1 Å². The van der Waals surface area contributed by atoms with Crippen LogP contribution in [0, 0.1) is 12.8 Å². The van der Waals surface area contributed by atoms with E-state index in [0.717, 1.165) is 18.0 Å². The third-order valence-electron chi connectivity index (χ3n) is 5.05. The zero-order valence-corrected chi connectivity index (χ0v) is 16.9. The Balaban J connectivity index is 1.60. The summed E-state index contributed by atoms with van der Waals surface area (Å²) in [7, 11) is 0. The van der Waals surface area contributed by atoms with Gasteiger partial charge in [-0.15, -0.1) is 0 Å². The van der Waals surface area contributed by atoms with E-state index in [1.54, 1.807) is 18.2 Å². The van der Waals surface area contributed by atoms with E-state index in [9.17, 15) is 0 Å². The van der Waals surface area contributed by atoms with E-state index >= 15 is 0 Å². The van der Waals surface area contributed by atoms with Gasteiger partial charge in [-0.3, -0.25) is 0 Å². The van der Waals surface area contributed by atoms with E-state index in [1.165, 1.54) is 25.7 Å². The normalized spacial score (nSPS) is 15.3.